The Kier molecular flexibility index (Phi) is 8.91. The largest absolute Gasteiger partial charge is 0.439 e. The van der Waals surface area contributed by atoms with Gasteiger partial charge in [-0.3, -0.25) is 18.9 Å². The summed E-state index contributed by atoms with van der Waals surface area (Å²) in [6, 6.07) is 16.5. The second kappa shape index (κ2) is 13.0. The van der Waals surface area contributed by atoms with E-state index in [1.54, 1.807) is 0 Å². The van der Waals surface area contributed by atoms with Crippen molar-refractivity contribution in [3.05, 3.63) is 92.1 Å². The van der Waals surface area contributed by atoms with Gasteiger partial charge in [0.25, 0.3) is 5.56 Å². The van der Waals surface area contributed by atoms with E-state index in [2.05, 4.69) is 53.3 Å². The third-order valence-electron chi connectivity index (χ3n) is 8.76. The minimum Gasteiger partial charge on any atom is -0.358 e. The predicted octanol–water partition coefficient (Wildman–Crippen LogP) is 5.07. The number of benzene rings is 2. The summed E-state index contributed by atoms with van der Waals surface area (Å²) < 4.78 is 6.62. The number of hydrogen-bond donors (Lipinski definition) is 2. The molecule has 3 heterocycles. The number of H-pyrrole nitrogens is 1. The van der Waals surface area contributed by atoms with Gasteiger partial charge in [-0.1, -0.05) is 79.3 Å². The number of aromatic nitrogens is 4. The van der Waals surface area contributed by atoms with E-state index < -0.39 is 5.76 Å². The fourth-order valence-corrected chi connectivity index (χ4v) is 6.84. The maximum absolute atomic E-state index is 14.4. The minimum atomic E-state index is -0.590. The molecule has 9 nitrogen and oxygen atoms in total. The van der Waals surface area contributed by atoms with Crippen molar-refractivity contribution >= 4 is 17.2 Å². The number of unbranched alkanes of at least 4 members (excludes halogenated alkanes) is 1. The molecule has 2 atom stereocenters. The average molecular weight is 613 g/mol. The van der Waals surface area contributed by atoms with Crippen LogP contribution in [0.3, 0.4) is 0 Å². The molecule has 2 aromatic heterocycles. The number of rotatable bonds is 10. The topological polar surface area (TPSA) is 109 Å². The van der Waals surface area contributed by atoms with Crippen LogP contribution in [0.15, 0.2) is 62.6 Å². The van der Waals surface area contributed by atoms with Gasteiger partial charge in [-0.05, 0) is 49.8 Å². The fourth-order valence-electron chi connectivity index (χ4n) is 6.33. The normalized spacial score (nSPS) is 18.5. The van der Waals surface area contributed by atoms with Crippen LogP contribution in [0, 0.1) is 0 Å². The molecule has 1 saturated heterocycles. The molecule has 2 unspecified atom stereocenters. The predicted molar refractivity (Wildman–Crippen MR) is 176 cm³/mol. The van der Waals surface area contributed by atoms with Gasteiger partial charge in [-0.25, -0.2) is 9.78 Å². The van der Waals surface area contributed by atoms with E-state index >= 15 is 0 Å². The Morgan fingerprint density at radius 2 is 1.73 bits per heavy atom. The van der Waals surface area contributed by atoms with Gasteiger partial charge in [-0.2, -0.15) is 0 Å². The van der Waals surface area contributed by atoms with Gasteiger partial charge in [0, 0.05) is 55.1 Å². The highest BCUT2D eigenvalue weighted by Crippen LogP contribution is 2.40. The number of nitrogens with zero attached hydrogens (tertiary/aromatic N) is 4. The summed E-state index contributed by atoms with van der Waals surface area (Å²) >= 11 is 6.01. The first-order valence-corrected chi connectivity index (χ1v) is 16.1. The number of aryl methyl sites for hydroxylation is 1. The van der Waals surface area contributed by atoms with E-state index in [0.29, 0.717) is 24.7 Å². The Bertz CT molecular complexity index is 1740. The zero-order valence-corrected chi connectivity index (χ0v) is 26.5. The summed E-state index contributed by atoms with van der Waals surface area (Å²) in [5.74, 6) is 1.01. The Labute approximate surface area is 262 Å². The molecule has 0 radical (unpaired) electrons. The van der Waals surface area contributed by atoms with Crippen LogP contribution >= 0.6 is 12.2 Å². The van der Waals surface area contributed by atoms with Crippen LogP contribution in [0.5, 0.6) is 0 Å². The summed E-state index contributed by atoms with van der Waals surface area (Å²) in [6.45, 7) is 8.75. The molecule has 1 aliphatic carbocycles. The lowest BCUT2D eigenvalue weighted by Crippen LogP contribution is -2.57. The molecule has 1 aliphatic heterocycles. The van der Waals surface area contributed by atoms with Crippen molar-refractivity contribution < 1.29 is 4.52 Å². The smallest absolute Gasteiger partial charge is 0.358 e. The summed E-state index contributed by atoms with van der Waals surface area (Å²) in [5.41, 5.74) is 5.45. The Hall–Kier alpha value is -3.89. The Balaban J connectivity index is 1.33. The number of aromatic amines is 1. The third-order valence-corrected chi connectivity index (χ3v) is 9.12. The van der Waals surface area contributed by atoms with Crippen LogP contribution < -0.4 is 16.6 Å². The zero-order chi connectivity index (χ0) is 30.8. The molecule has 0 spiro atoms. The quantitative estimate of drug-likeness (QED) is 0.239. The molecule has 2 aromatic carbocycles. The van der Waals surface area contributed by atoms with Gasteiger partial charge in [0.15, 0.2) is 5.82 Å². The summed E-state index contributed by atoms with van der Waals surface area (Å²) in [5, 5.41) is 7.35. The molecule has 0 bridgehead atoms. The molecule has 1 saturated carbocycles. The maximum atomic E-state index is 14.4. The second-order valence-corrected chi connectivity index (χ2v) is 12.7. The first-order chi connectivity index (χ1) is 21.3. The molecule has 2 aliphatic rings. The van der Waals surface area contributed by atoms with Gasteiger partial charge in [0.2, 0.25) is 0 Å². The highest BCUT2D eigenvalue weighted by molar-refractivity contribution is 7.80. The highest BCUT2D eigenvalue weighted by Gasteiger charge is 2.33. The molecule has 230 valence electrons. The van der Waals surface area contributed by atoms with E-state index in [1.165, 1.54) is 0 Å². The maximum Gasteiger partial charge on any atom is 0.439 e. The van der Waals surface area contributed by atoms with Gasteiger partial charge >= 0.3 is 5.76 Å². The van der Waals surface area contributed by atoms with E-state index in [-0.39, 0.29) is 17.6 Å². The number of hydrogen-bond acceptors (Lipinski definition) is 7. The van der Waals surface area contributed by atoms with Crippen LogP contribution in [0.25, 0.3) is 22.5 Å². The van der Waals surface area contributed by atoms with Crippen LogP contribution in [0.2, 0.25) is 0 Å². The van der Waals surface area contributed by atoms with E-state index in [0.717, 1.165) is 89.5 Å². The van der Waals surface area contributed by atoms with Crippen molar-refractivity contribution in [2.24, 2.45) is 0 Å². The molecule has 0 amide bonds. The molecular weight excluding hydrogens is 572 g/mol. The molecule has 4 aromatic rings. The number of piperazine rings is 1. The van der Waals surface area contributed by atoms with Crippen molar-refractivity contribution in [1.82, 2.24) is 29.9 Å². The van der Waals surface area contributed by atoms with Gasteiger partial charge in [0.1, 0.15) is 5.82 Å². The summed E-state index contributed by atoms with van der Waals surface area (Å²) in [7, 11) is 0. The fraction of sp³-hybridized carbons (Fsp3) is 0.441. The minimum absolute atomic E-state index is 0.0372. The summed E-state index contributed by atoms with van der Waals surface area (Å²) in [4.78, 5) is 36.9. The first kappa shape index (κ1) is 30.1. The lowest BCUT2D eigenvalue weighted by molar-refractivity contribution is 0.208. The SMILES string of the molecule is CCCCc1nc(C2CC2)c(CC(=S)N2C(C)CNCC2C)c(=O)n1Cc1ccc(-c2ccccc2-c2noc(=O)[nH]2)cc1. The second-order valence-electron chi connectivity index (χ2n) is 12.2. The van der Waals surface area contributed by atoms with Crippen LogP contribution in [0.1, 0.15) is 75.0 Å². The standard InChI is InChI=1S/C34H40N6O3S/c1-4-5-10-29-36-31(25-15-16-25)28(17-30(44)40-21(2)18-35-19-22(40)3)33(41)39(29)20-23-11-13-24(14-12-23)26-8-6-7-9-27(26)32-37-34(42)43-38-32/h6-9,11-14,21-22,25,35H,4-5,10,15-20H2,1-3H3,(H,37,38,42). The monoisotopic (exact) mass is 612 g/mol. The zero-order valence-electron chi connectivity index (χ0n) is 25.6. The van der Waals surface area contributed by atoms with Crippen molar-refractivity contribution in [2.75, 3.05) is 13.1 Å². The molecule has 44 heavy (non-hydrogen) atoms. The van der Waals surface area contributed by atoms with Crippen molar-refractivity contribution in [1.29, 1.82) is 0 Å². The van der Waals surface area contributed by atoms with Crippen LogP contribution in [-0.2, 0) is 19.4 Å². The lowest BCUT2D eigenvalue weighted by atomic mass is 9.98. The Morgan fingerprint density at radius 1 is 1.02 bits per heavy atom. The average Bonchev–Trinajstić information content (AvgIpc) is 3.78. The Morgan fingerprint density at radius 3 is 2.36 bits per heavy atom. The number of thiocarbonyl (C=S) groups is 1. The van der Waals surface area contributed by atoms with Crippen molar-refractivity contribution in [3.8, 4) is 22.5 Å². The molecular formula is C34H40N6O3S. The molecule has 10 heteroatoms. The van der Waals surface area contributed by atoms with Crippen LogP contribution in [0.4, 0.5) is 0 Å². The summed E-state index contributed by atoms with van der Waals surface area (Å²) in [6.07, 6.45) is 5.39. The van der Waals surface area contributed by atoms with E-state index in [1.807, 2.05) is 41.0 Å². The van der Waals surface area contributed by atoms with E-state index in [9.17, 15) is 9.59 Å². The third kappa shape index (κ3) is 6.32. The van der Waals surface area contributed by atoms with Gasteiger partial charge in [0.05, 0.1) is 17.2 Å². The van der Waals surface area contributed by atoms with Crippen LogP contribution in [-0.4, -0.2) is 54.8 Å². The molecule has 2 N–H and O–H groups in total. The van der Waals surface area contributed by atoms with Crippen molar-refractivity contribution in [2.45, 2.75) is 83.8 Å². The van der Waals surface area contributed by atoms with Crippen molar-refractivity contribution in [3.63, 3.8) is 0 Å². The lowest BCUT2D eigenvalue weighted by Gasteiger charge is -2.41. The molecule has 2 fully saturated rings. The van der Waals surface area contributed by atoms with Gasteiger partial charge in [-0.15, -0.1) is 0 Å². The van der Waals surface area contributed by atoms with E-state index in [4.69, 9.17) is 21.7 Å². The number of nitrogens with one attached hydrogen (secondary N) is 2. The molecule has 6 rings (SSSR count). The highest BCUT2D eigenvalue weighted by atomic mass is 32.1. The first-order valence-electron chi connectivity index (χ1n) is 15.7. The van der Waals surface area contributed by atoms with Gasteiger partial charge < -0.3 is 10.2 Å².